The largest absolute Gasteiger partial charge is 0.395 e. The highest BCUT2D eigenvalue weighted by molar-refractivity contribution is 6.19. The van der Waals surface area contributed by atoms with Gasteiger partial charge in [0.05, 0.1) is 13.2 Å². The fourth-order valence-corrected chi connectivity index (χ4v) is 2.10. The van der Waals surface area contributed by atoms with Crippen molar-refractivity contribution in [3.63, 3.8) is 0 Å². The molecule has 0 aromatic carbocycles. The maximum atomic E-state index is 11.7. The minimum absolute atomic E-state index is 0.130. The van der Waals surface area contributed by atoms with Crippen molar-refractivity contribution in [3.8, 4) is 0 Å². The molecule has 1 aliphatic carbocycles. The van der Waals surface area contributed by atoms with Gasteiger partial charge in [0.2, 0.25) is 0 Å². The molecule has 1 aliphatic heterocycles. The molecule has 0 aromatic heterocycles. The minimum Gasteiger partial charge on any atom is -0.395 e. The first-order valence-electron chi connectivity index (χ1n) is 4.95. The highest BCUT2D eigenvalue weighted by Gasteiger charge is 2.37. The Hall–Kier alpha value is -1.16. The summed E-state index contributed by atoms with van der Waals surface area (Å²) in [5.74, 6) is -0.363. The van der Waals surface area contributed by atoms with Crippen LogP contribution >= 0.6 is 0 Å². The number of β-amino-alcohol motifs (C(OH)–C–C–N with tert-alkyl or cyclic N) is 1. The fourth-order valence-electron chi connectivity index (χ4n) is 2.10. The Kier molecular flexibility index (Phi) is 2.37. The summed E-state index contributed by atoms with van der Waals surface area (Å²) < 4.78 is 0. The van der Waals surface area contributed by atoms with Crippen LogP contribution in [0.3, 0.4) is 0 Å². The molecule has 2 aliphatic rings. The van der Waals surface area contributed by atoms with Crippen molar-refractivity contribution in [1.82, 2.24) is 4.90 Å². The van der Waals surface area contributed by atoms with E-state index >= 15 is 0 Å². The number of rotatable bonds is 2. The Morgan fingerprint density at radius 2 is 1.57 bits per heavy atom. The zero-order chi connectivity index (χ0) is 10.1. The Morgan fingerprint density at radius 3 is 2.00 bits per heavy atom. The van der Waals surface area contributed by atoms with Crippen molar-refractivity contribution in [1.29, 1.82) is 0 Å². The molecular formula is C10H13NO3. The number of aliphatic hydroxyl groups is 1. The van der Waals surface area contributed by atoms with E-state index in [-0.39, 0.29) is 25.0 Å². The number of amides is 2. The van der Waals surface area contributed by atoms with Crippen LogP contribution in [0.4, 0.5) is 0 Å². The number of hydrogen-bond donors (Lipinski definition) is 1. The summed E-state index contributed by atoms with van der Waals surface area (Å²) in [6.45, 7) is -0.0251. The normalized spacial score (nSPS) is 21.9. The van der Waals surface area contributed by atoms with Crippen LogP contribution in [0.25, 0.3) is 0 Å². The van der Waals surface area contributed by atoms with E-state index in [9.17, 15) is 9.59 Å². The molecule has 0 unspecified atom stereocenters. The van der Waals surface area contributed by atoms with Crippen LogP contribution in [-0.2, 0) is 9.59 Å². The Bertz CT molecular complexity index is 291. The van der Waals surface area contributed by atoms with Gasteiger partial charge in [-0.2, -0.15) is 0 Å². The van der Waals surface area contributed by atoms with Crippen molar-refractivity contribution in [2.24, 2.45) is 0 Å². The lowest BCUT2D eigenvalue weighted by molar-refractivity contribution is -0.138. The van der Waals surface area contributed by atoms with Crippen LogP contribution in [0, 0.1) is 0 Å². The second-order valence-electron chi connectivity index (χ2n) is 3.65. The summed E-state index contributed by atoms with van der Waals surface area (Å²) in [5.41, 5.74) is 1.38. The second kappa shape index (κ2) is 3.53. The van der Waals surface area contributed by atoms with E-state index in [0.29, 0.717) is 11.1 Å². The molecule has 0 aromatic rings. The van der Waals surface area contributed by atoms with Gasteiger partial charge >= 0.3 is 0 Å². The van der Waals surface area contributed by atoms with Gasteiger partial charge in [-0.1, -0.05) is 0 Å². The molecule has 1 N–H and O–H groups in total. The third-order valence-electron chi connectivity index (χ3n) is 2.80. The average Bonchev–Trinajstić information content (AvgIpc) is 2.45. The van der Waals surface area contributed by atoms with Crippen molar-refractivity contribution in [2.75, 3.05) is 13.2 Å². The Labute approximate surface area is 82.2 Å². The van der Waals surface area contributed by atoms with E-state index in [1.165, 1.54) is 0 Å². The molecule has 76 valence electrons. The van der Waals surface area contributed by atoms with Gasteiger partial charge in [0.1, 0.15) is 0 Å². The number of carbonyl (C=O) groups excluding carboxylic acids is 2. The summed E-state index contributed by atoms with van der Waals surface area (Å²) in [6.07, 6.45) is 3.43. The van der Waals surface area contributed by atoms with E-state index in [0.717, 1.165) is 30.6 Å². The van der Waals surface area contributed by atoms with Gasteiger partial charge in [-0.25, -0.2) is 0 Å². The Balaban J connectivity index is 2.25. The van der Waals surface area contributed by atoms with Crippen molar-refractivity contribution in [2.45, 2.75) is 25.7 Å². The predicted molar refractivity (Wildman–Crippen MR) is 49.3 cm³/mol. The molecule has 14 heavy (non-hydrogen) atoms. The Morgan fingerprint density at radius 1 is 1.07 bits per heavy atom. The van der Waals surface area contributed by atoms with Gasteiger partial charge in [0.15, 0.2) is 0 Å². The molecule has 2 amide bonds. The highest BCUT2D eigenvalue weighted by atomic mass is 16.3. The van der Waals surface area contributed by atoms with Crippen molar-refractivity contribution in [3.05, 3.63) is 11.1 Å². The molecule has 0 saturated heterocycles. The standard InChI is InChI=1S/C10H13NO3/c12-6-5-11-9(13)7-3-1-2-4-8(7)10(11)14/h12H,1-6H2. The third-order valence-corrected chi connectivity index (χ3v) is 2.80. The smallest absolute Gasteiger partial charge is 0.257 e. The van der Waals surface area contributed by atoms with E-state index in [2.05, 4.69) is 0 Å². The first-order chi connectivity index (χ1) is 6.75. The maximum Gasteiger partial charge on any atom is 0.257 e. The molecule has 0 spiro atoms. The number of carbonyl (C=O) groups is 2. The lowest BCUT2D eigenvalue weighted by atomic mass is 9.93. The molecule has 4 heteroatoms. The van der Waals surface area contributed by atoms with Gasteiger partial charge in [0.25, 0.3) is 11.8 Å². The van der Waals surface area contributed by atoms with Crippen LogP contribution in [0.2, 0.25) is 0 Å². The van der Waals surface area contributed by atoms with Crippen LogP contribution in [0.1, 0.15) is 25.7 Å². The van der Waals surface area contributed by atoms with E-state index in [1.54, 1.807) is 0 Å². The van der Waals surface area contributed by atoms with Crippen LogP contribution in [-0.4, -0.2) is 35.0 Å². The van der Waals surface area contributed by atoms with Gasteiger partial charge in [0, 0.05) is 11.1 Å². The lowest BCUT2D eigenvalue weighted by Crippen LogP contribution is -2.34. The van der Waals surface area contributed by atoms with Gasteiger partial charge < -0.3 is 5.11 Å². The summed E-state index contributed by atoms with van der Waals surface area (Å²) in [6, 6.07) is 0. The average molecular weight is 195 g/mol. The zero-order valence-corrected chi connectivity index (χ0v) is 7.95. The second-order valence-corrected chi connectivity index (χ2v) is 3.65. The van der Waals surface area contributed by atoms with E-state index < -0.39 is 0 Å². The number of aliphatic hydroxyl groups excluding tert-OH is 1. The van der Waals surface area contributed by atoms with Gasteiger partial charge in [-0.05, 0) is 25.7 Å². The molecule has 0 saturated carbocycles. The van der Waals surface area contributed by atoms with E-state index in [1.807, 2.05) is 0 Å². The number of imide groups is 1. The molecular weight excluding hydrogens is 182 g/mol. The minimum atomic E-state index is -0.182. The van der Waals surface area contributed by atoms with Crippen LogP contribution < -0.4 is 0 Å². The first kappa shape index (κ1) is 9.40. The summed E-state index contributed by atoms with van der Waals surface area (Å²) in [7, 11) is 0. The predicted octanol–water partition coefficient (Wildman–Crippen LogP) is 0.218. The molecule has 1 heterocycles. The van der Waals surface area contributed by atoms with Gasteiger partial charge in [-0.15, -0.1) is 0 Å². The van der Waals surface area contributed by atoms with Crippen LogP contribution in [0.15, 0.2) is 11.1 Å². The lowest BCUT2D eigenvalue weighted by Gasteiger charge is -2.12. The maximum absolute atomic E-state index is 11.7. The van der Waals surface area contributed by atoms with E-state index in [4.69, 9.17) is 5.11 Å². The SMILES string of the molecule is O=C1C2=C(CCCC2)C(=O)N1CCO. The molecule has 4 nitrogen and oxygen atoms in total. The summed E-state index contributed by atoms with van der Waals surface area (Å²) in [4.78, 5) is 24.5. The summed E-state index contributed by atoms with van der Waals surface area (Å²) in [5, 5.41) is 8.73. The monoisotopic (exact) mass is 195 g/mol. The molecule has 0 bridgehead atoms. The molecule has 0 radical (unpaired) electrons. The highest BCUT2D eigenvalue weighted by Crippen LogP contribution is 2.32. The quantitative estimate of drug-likeness (QED) is 0.641. The van der Waals surface area contributed by atoms with Crippen LogP contribution in [0.5, 0.6) is 0 Å². The van der Waals surface area contributed by atoms with Crippen molar-refractivity contribution >= 4 is 11.8 Å². The number of nitrogens with zero attached hydrogens (tertiary/aromatic N) is 1. The summed E-state index contributed by atoms with van der Waals surface area (Å²) >= 11 is 0. The molecule has 2 rings (SSSR count). The van der Waals surface area contributed by atoms with Crippen molar-refractivity contribution < 1.29 is 14.7 Å². The van der Waals surface area contributed by atoms with Gasteiger partial charge in [-0.3, -0.25) is 14.5 Å². The molecule has 0 atom stereocenters. The fraction of sp³-hybridized carbons (Fsp3) is 0.600. The zero-order valence-electron chi connectivity index (χ0n) is 7.95. The molecule has 0 fully saturated rings. The third kappa shape index (κ3) is 1.26. The first-order valence-corrected chi connectivity index (χ1v) is 4.95. The number of hydrogen-bond acceptors (Lipinski definition) is 3. The topological polar surface area (TPSA) is 57.6 Å².